The Kier molecular flexibility index (Phi) is 11.6. The number of primary amides is 1. The molecule has 0 aromatic heterocycles. The van der Waals surface area contributed by atoms with E-state index in [1.165, 1.54) is 75.6 Å². The van der Waals surface area contributed by atoms with Gasteiger partial charge in [-0.3, -0.25) is 24.6 Å². The number of anilines is 1. The summed E-state index contributed by atoms with van der Waals surface area (Å²) in [6.07, 6.45) is 12.1. The number of rotatable bonds is 9. The van der Waals surface area contributed by atoms with E-state index in [1.807, 2.05) is 0 Å². The minimum absolute atomic E-state index is 0.0592. The molecular formula is C50H69N3O10. The average Bonchev–Trinajstić information content (AvgIpc) is 3.57. The van der Waals surface area contributed by atoms with E-state index in [-0.39, 0.29) is 22.8 Å². The molecule has 1 aromatic rings. The van der Waals surface area contributed by atoms with Gasteiger partial charge in [0.25, 0.3) is 5.91 Å². The lowest BCUT2D eigenvalue weighted by atomic mass is 9.47. The minimum atomic E-state index is -3.02. The Morgan fingerprint density at radius 1 is 1.00 bits per heavy atom. The van der Waals surface area contributed by atoms with E-state index in [1.54, 1.807) is 13.0 Å². The summed E-state index contributed by atoms with van der Waals surface area (Å²) >= 11 is 0. The molecule has 63 heavy (non-hydrogen) atoms. The summed E-state index contributed by atoms with van der Waals surface area (Å²) in [4.78, 5) is 55.1. The number of phenols is 1. The molecule has 344 valence electrons. The van der Waals surface area contributed by atoms with Crippen LogP contribution in [0.15, 0.2) is 40.7 Å². The maximum atomic E-state index is 14.4. The lowest BCUT2D eigenvalue weighted by molar-refractivity contribution is -0.169. The van der Waals surface area contributed by atoms with Crippen molar-refractivity contribution < 1.29 is 49.4 Å². The van der Waals surface area contributed by atoms with Gasteiger partial charge in [0.05, 0.1) is 29.3 Å². The van der Waals surface area contributed by atoms with Crippen LogP contribution in [0.25, 0.3) is 5.76 Å². The molecule has 0 bridgehead atoms. The highest BCUT2D eigenvalue weighted by atomic mass is 16.6. The number of nitrogens with zero attached hydrogens (tertiary/aromatic N) is 1. The third-order valence-corrected chi connectivity index (χ3v) is 17.9. The highest BCUT2D eigenvalue weighted by molar-refractivity contribution is 6.24. The average molecular weight is 872 g/mol. The lowest BCUT2D eigenvalue weighted by Gasteiger charge is -2.58. The Morgan fingerprint density at radius 2 is 1.71 bits per heavy atom. The van der Waals surface area contributed by atoms with Gasteiger partial charge in [-0.2, -0.15) is 0 Å². The third kappa shape index (κ3) is 6.79. The summed E-state index contributed by atoms with van der Waals surface area (Å²) in [7, 11) is 2.92. The van der Waals surface area contributed by atoms with Gasteiger partial charge in [-0.05, 0) is 123 Å². The number of ether oxygens (including phenoxy) is 1. The van der Waals surface area contributed by atoms with Gasteiger partial charge >= 0.3 is 6.09 Å². The van der Waals surface area contributed by atoms with Crippen LogP contribution >= 0.6 is 0 Å². The zero-order valence-electron chi connectivity index (χ0n) is 38.2. The first kappa shape index (κ1) is 45.4. The van der Waals surface area contributed by atoms with Gasteiger partial charge in [-0.15, -0.1) is 0 Å². The summed E-state index contributed by atoms with van der Waals surface area (Å²) in [5.41, 5.74) is 2.78. The molecule has 7 aliphatic rings. The molecule has 8 N–H and O–H groups in total. The van der Waals surface area contributed by atoms with Crippen LogP contribution in [0.4, 0.5) is 10.5 Å². The van der Waals surface area contributed by atoms with Crippen molar-refractivity contribution in [3.05, 3.63) is 51.8 Å². The first-order chi connectivity index (χ1) is 29.6. The number of aliphatic hydroxyl groups is 4. The third-order valence-electron chi connectivity index (χ3n) is 17.9. The van der Waals surface area contributed by atoms with Crippen LogP contribution < -0.4 is 11.1 Å². The Balaban J connectivity index is 0.985. The summed E-state index contributed by atoms with van der Waals surface area (Å²) in [6, 6.07) is 1.57. The fourth-order valence-corrected chi connectivity index (χ4v) is 14.8. The molecule has 14 unspecified atom stereocenters. The molecule has 0 heterocycles. The molecule has 0 saturated heterocycles. The Morgan fingerprint density at radius 3 is 2.38 bits per heavy atom. The van der Waals surface area contributed by atoms with Crippen LogP contribution in [0.5, 0.6) is 5.75 Å². The summed E-state index contributed by atoms with van der Waals surface area (Å²) in [6.45, 7) is 13.8. The topological polar surface area (TPSA) is 220 Å². The standard InChI is InChI=1S/C50H69N3O10/c1-23(2)10-9-11-24(3)30-15-16-31-29-13-12-26-22-27(18-20-48(26,5)32(29)19-21-49(30,31)6)63-47(61)52-33-17-14-28-25(4)34-36(41(55)35(28)40(33)54)44(58)50(62)38(42(34)56)39(53(7)8)43(57)37(45(50)59)46(51)60/h12,14,17,23-25,27,29-32,34,38-39,42,54-56,59,62H,9-11,13,15-16,18-22H2,1-8H3,(H2,51,60)(H,52,61). The molecule has 0 radical (unpaired) electrons. The van der Waals surface area contributed by atoms with Crippen LogP contribution in [0.3, 0.4) is 0 Å². The molecule has 4 saturated carbocycles. The lowest BCUT2D eigenvalue weighted by Crippen LogP contribution is -2.70. The Bertz CT molecular complexity index is 2190. The minimum Gasteiger partial charge on any atom is -0.508 e. The normalized spacial score (nSPS) is 38.8. The largest absolute Gasteiger partial charge is 0.508 e. The molecule has 13 nitrogen and oxygen atoms in total. The van der Waals surface area contributed by atoms with Crippen molar-refractivity contribution in [2.24, 2.45) is 63.9 Å². The first-order valence-corrected chi connectivity index (χ1v) is 23.4. The van der Waals surface area contributed by atoms with Gasteiger partial charge in [0.2, 0.25) is 5.78 Å². The van der Waals surface area contributed by atoms with Crippen LogP contribution in [-0.2, 0) is 19.1 Å². The molecule has 1 aromatic carbocycles. The number of amides is 2. The summed E-state index contributed by atoms with van der Waals surface area (Å²) in [5.74, 6) is -5.55. The number of nitrogens with one attached hydrogen (secondary N) is 1. The number of hydrogen-bond acceptors (Lipinski definition) is 11. The first-order valence-electron chi connectivity index (χ1n) is 23.4. The number of ketones is 2. The number of aliphatic hydroxyl groups excluding tert-OH is 3. The van der Waals surface area contributed by atoms with E-state index in [4.69, 9.17) is 10.5 Å². The van der Waals surface area contributed by atoms with E-state index in [2.05, 4.69) is 46.0 Å². The van der Waals surface area contributed by atoms with Crippen molar-refractivity contribution in [1.82, 2.24) is 4.90 Å². The van der Waals surface area contributed by atoms with Crippen LogP contribution in [0.2, 0.25) is 0 Å². The second-order valence-electron chi connectivity index (χ2n) is 21.7. The number of phenolic OH excluding ortho intramolecular Hbond substituents is 1. The van der Waals surface area contributed by atoms with Gasteiger partial charge in [0.15, 0.2) is 11.4 Å². The van der Waals surface area contributed by atoms with Gasteiger partial charge < -0.3 is 36.0 Å². The Hall–Kier alpha value is -4.20. The van der Waals surface area contributed by atoms with Crippen LogP contribution in [0, 0.1) is 58.2 Å². The zero-order chi connectivity index (χ0) is 45.8. The SMILES string of the molecule is CC(C)CCCC(C)C1CCC2C3CC=C4CC(OC(=O)Nc5ccc6c(c5O)C(O)=C5C(=O)C7(O)C(O)=C(C(N)=O)C(=O)C(N(C)C)C7C(O)C5C6C)CCC4(C)C3CCC12C. The number of carbonyl (C=O) groups excluding carboxylic acids is 4. The summed E-state index contributed by atoms with van der Waals surface area (Å²) in [5, 5.41) is 61.2. The van der Waals surface area contributed by atoms with Crippen LogP contribution in [0.1, 0.15) is 129 Å². The molecule has 4 fully saturated rings. The maximum absolute atomic E-state index is 14.4. The van der Waals surface area contributed by atoms with Crippen molar-refractivity contribution in [2.45, 2.75) is 142 Å². The van der Waals surface area contributed by atoms with Gasteiger partial charge in [0, 0.05) is 17.9 Å². The van der Waals surface area contributed by atoms with E-state index in [9.17, 15) is 44.7 Å². The molecule has 13 heteroatoms. The quantitative estimate of drug-likeness (QED) is 0.0734. The Labute approximate surface area is 371 Å². The molecular weight excluding hydrogens is 803 g/mol. The number of hydrogen-bond donors (Lipinski definition) is 7. The molecule has 8 rings (SSSR count). The fourth-order valence-electron chi connectivity index (χ4n) is 14.8. The molecule has 14 atom stereocenters. The van der Waals surface area contributed by atoms with Crippen molar-refractivity contribution in [3.63, 3.8) is 0 Å². The van der Waals surface area contributed by atoms with E-state index in [0.717, 1.165) is 36.5 Å². The van der Waals surface area contributed by atoms with Gasteiger partial charge in [-0.1, -0.05) is 78.5 Å². The second kappa shape index (κ2) is 16.0. The molecule has 7 aliphatic carbocycles. The van der Waals surface area contributed by atoms with Crippen molar-refractivity contribution in [2.75, 3.05) is 19.4 Å². The van der Waals surface area contributed by atoms with Crippen LogP contribution in [-0.4, -0.2) is 91.9 Å². The van der Waals surface area contributed by atoms with E-state index < -0.39 is 87.5 Å². The van der Waals surface area contributed by atoms with Crippen molar-refractivity contribution in [1.29, 1.82) is 0 Å². The maximum Gasteiger partial charge on any atom is 0.412 e. The molecule has 2 amide bonds. The van der Waals surface area contributed by atoms with E-state index in [0.29, 0.717) is 35.7 Å². The number of allylic oxidation sites excluding steroid dienone is 1. The highest BCUT2D eigenvalue weighted by Crippen LogP contribution is 2.67. The fraction of sp³-hybridized carbons (Fsp3) is 0.680. The predicted octanol–water partition coefficient (Wildman–Crippen LogP) is 7.45. The highest BCUT2D eigenvalue weighted by Gasteiger charge is 2.68. The predicted molar refractivity (Wildman–Crippen MR) is 237 cm³/mol. The zero-order valence-corrected chi connectivity index (χ0v) is 38.2. The van der Waals surface area contributed by atoms with Crippen molar-refractivity contribution >= 4 is 35.0 Å². The number of aromatic hydroxyl groups is 1. The monoisotopic (exact) mass is 871 g/mol. The van der Waals surface area contributed by atoms with E-state index >= 15 is 0 Å². The molecule has 0 spiro atoms. The number of likely N-dealkylation sites (N-methyl/N-ethyl adjacent to an activating group) is 1. The van der Waals surface area contributed by atoms with Gasteiger partial charge in [0.1, 0.15) is 28.9 Å². The molecule has 0 aliphatic heterocycles. The smallest absolute Gasteiger partial charge is 0.412 e. The number of Topliss-reactive ketones (excluding diaryl/α,β-unsaturated/α-hetero) is 2. The number of benzene rings is 1. The number of carbonyl (C=O) groups is 4. The van der Waals surface area contributed by atoms with Gasteiger partial charge in [-0.25, -0.2) is 4.79 Å². The summed E-state index contributed by atoms with van der Waals surface area (Å²) < 4.78 is 6.01. The van der Waals surface area contributed by atoms with Crippen molar-refractivity contribution in [3.8, 4) is 5.75 Å². The number of fused-ring (bicyclic) bond motifs is 8. The number of nitrogens with two attached hydrogens (primary N) is 1. The second-order valence-corrected chi connectivity index (χ2v) is 21.7.